The van der Waals surface area contributed by atoms with Crippen LogP contribution in [-0.2, 0) is 16.1 Å². The average Bonchev–Trinajstić information content (AvgIpc) is 2.41. The number of benzene rings is 1. The van der Waals surface area contributed by atoms with E-state index in [-0.39, 0.29) is 19.1 Å². The first kappa shape index (κ1) is 15.2. The van der Waals surface area contributed by atoms with Crippen LogP contribution in [0.15, 0.2) is 24.3 Å². The molecule has 0 aliphatic heterocycles. The highest BCUT2D eigenvalue weighted by Crippen LogP contribution is 2.10. The lowest BCUT2D eigenvalue weighted by Gasteiger charge is -2.17. The molecule has 0 radical (unpaired) electrons. The largest absolute Gasteiger partial charge is 0.395 e. The number of nitrogens with zero attached hydrogens (tertiary/aromatic N) is 1. The number of methoxy groups -OCH3 is 1. The van der Waals surface area contributed by atoms with Gasteiger partial charge in [0.25, 0.3) is 0 Å². The maximum Gasteiger partial charge on any atom is 0.248 e. The normalized spacial score (nSPS) is 9.63. The molecule has 0 fully saturated rings. The SMILES string of the molecule is COCC(=O)N(C)Cc1ccccc1C#CCCO. The third kappa shape index (κ3) is 5.12. The summed E-state index contributed by atoms with van der Waals surface area (Å²) >= 11 is 0. The molecule has 0 aliphatic carbocycles. The second-order valence-corrected chi connectivity index (χ2v) is 4.12. The maximum atomic E-state index is 11.7. The average molecular weight is 261 g/mol. The van der Waals surface area contributed by atoms with Crippen molar-refractivity contribution in [3.8, 4) is 11.8 Å². The second kappa shape index (κ2) is 8.30. The van der Waals surface area contributed by atoms with Gasteiger partial charge >= 0.3 is 0 Å². The fraction of sp³-hybridized carbons (Fsp3) is 0.400. The Morgan fingerprint density at radius 3 is 2.84 bits per heavy atom. The van der Waals surface area contributed by atoms with Crippen molar-refractivity contribution in [2.45, 2.75) is 13.0 Å². The Balaban J connectivity index is 2.78. The van der Waals surface area contributed by atoms with Crippen LogP contribution >= 0.6 is 0 Å². The third-order valence-electron chi connectivity index (χ3n) is 2.58. The summed E-state index contributed by atoms with van der Waals surface area (Å²) in [5.74, 6) is 5.83. The third-order valence-corrected chi connectivity index (χ3v) is 2.58. The molecule has 1 N–H and O–H groups in total. The Hall–Kier alpha value is -1.83. The van der Waals surface area contributed by atoms with Crippen molar-refractivity contribution in [1.82, 2.24) is 4.90 Å². The Labute approximate surface area is 114 Å². The van der Waals surface area contributed by atoms with Gasteiger partial charge in [0.1, 0.15) is 6.61 Å². The first-order valence-corrected chi connectivity index (χ1v) is 6.09. The summed E-state index contributed by atoms with van der Waals surface area (Å²) < 4.78 is 4.83. The fourth-order valence-corrected chi connectivity index (χ4v) is 1.57. The molecule has 1 aromatic carbocycles. The summed E-state index contributed by atoms with van der Waals surface area (Å²) in [5, 5.41) is 8.72. The van der Waals surface area contributed by atoms with Crippen LogP contribution in [0.4, 0.5) is 0 Å². The molecular weight excluding hydrogens is 242 g/mol. The van der Waals surface area contributed by atoms with Crippen molar-refractivity contribution >= 4 is 5.91 Å². The molecule has 0 bridgehead atoms. The minimum absolute atomic E-state index is 0.0569. The lowest BCUT2D eigenvalue weighted by molar-refractivity contribution is -0.134. The van der Waals surface area contributed by atoms with E-state index in [0.29, 0.717) is 13.0 Å². The van der Waals surface area contributed by atoms with Gasteiger partial charge in [0, 0.05) is 32.7 Å². The number of ether oxygens (including phenoxy) is 1. The first-order valence-electron chi connectivity index (χ1n) is 6.09. The second-order valence-electron chi connectivity index (χ2n) is 4.12. The van der Waals surface area contributed by atoms with Gasteiger partial charge in [0.2, 0.25) is 5.91 Å². The molecule has 1 aromatic rings. The van der Waals surface area contributed by atoms with Gasteiger partial charge in [0.15, 0.2) is 0 Å². The molecule has 1 amide bonds. The molecule has 0 saturated heterocycles. The summed E-state index contributed by atoms with van der Waals surface area (Å²) in [4.78, 5) is 13.3. The summed E-state index contributed by atoms with van der Waals surface area (Å²) in [7, 11) is 3.24. The molecule has 0 aliphatic rings. The molecule has 0 saturated carbocycles. The van der Waals surface area contributed by atoms with E-state index in [1.807, 2.05) is 24.3 Å². The maximum absolute atomic E-state index is 11.7. The van der Waals surface area contributed by atoms with Crippen LogP contribution in [0.2, 0.25) is 0 Å². The fourth-order valence-electron chi connectivity index (χ4n) is 1.57. The highest BCUT2D eigenvalue weighted by Gasteiger charge is 2.10. The quantitative estimate of drug-likeness (QED) is 0.805. The van der Waals surface area contributed by atoms with Gasteiger partial charge in [-0.25, -0.2) is 0 Å². The van der Waals surface area contributed by atoms with Crippen LogP contribution in [0.1, 0.15) is 17.5 Å². The molecular formula is C15H19NO3. The molecule has 1 rings (SSSR count). The lowest BCUT2D eigenvalue weighted by atomic mass is 10.1. The molecule has 19 heavy (non-hydrogen) atoms. The van der Waals surface area contributed by atoms with Gasteiger partial charge < -0.3 is 14.7 Å². The van der Waals surface area contributed by atoms with Gasteiger partial charge in [-0.15, -0.1) is 0 Å². The van der Waals surface area contributed by atoms with Crippen LogP contribution in [0.5, 0.6) is 0 Å². The van der Waals surface area contributed by atoms with Crippen LogP contribution in [0.25, 0.3) is 0 Å². The summed E-state index contributed by atoms with van der Waals surface area (Å²) in [6, 6.07) is 7.68. The van der Waals surface area contributed by atoms with Crippen LogP contribution < -0.4 is 0 Å². The Bertz CT molecular complexity index is 474. The van der Waals surface area contributed by atoms with Crippen molar-refractivity contribution in [3.63, 3.8) is 0 Å². The Morgan fingerprint density at radius 1 is 1.42 bits per heavy atom. The number of likely N-dealkylation sites (N-methyl/N-ethyl adjacent to an activating group) is 1. The Kier molecular flexibility index (Phi) is 6.65. The predicted octanol–water partition coefficient (Wildman–Crippen LogP) is 1.03. The first-order chi connectivity index (χ1) is 9.19. The van der Waals surface area contributed by atoms with Crippen molar-refractivity contribution in [2.24, 2.45) is 0 Å². The van der Waals surface area contributed by atoms with Crippen molar-refractivity contribution in [3.05, 3.63) is 35.4 Å². The van der Waals surface area contributed by atoms with Gasteiger partial charge in [-0.2, -0.15) is 0 Å². The molecule has 0 aromatic heterocycles. The van der Waals surface area contributed by atoms with Gasteiger partial charge in [-0.1, -0.05) is 30.0 Å². The van der Waals surface area contributed by atoms with E-state index in [4.69, 9.17) is 9.84 Å². The van der Waals surface area contributed by atoms with Crippen molar-refractivity contribution in [2.75, 3.05) is 27.4 Å². The minimum atomic E-state index is -0.0689. The molecule has 0 spiro atoms. The number of hydrogen-bond acceptors (Lipinski definition) is 3. The molecule has 4 heteroatoms. The zero-order chi connectivity index (χ0) is 14.1. The summed E-state index contributed by atoms with van der Waals surface area (Å²) in [6.45, 7) is 0.627. The predicted molar refractivity (Wildman–Crippen MR) is 73.4 cm³/mol. The topological polar surface area (TPSA) is 49.8 Å². The van der Waals surface area contributed by atoms with Crippen LogP contribution in [0, 0.1) is 11.8 Å². The summed E-state index contributed by atoms with van der Waals surface area (Å²) in [5.41, 5.74) is 1.87. The van der Waals surface area contributed by atoms with Gasteiger partial charge in [0.05, 0.1) is 6.61 Å². The number of carbonyl (C=O) groups excluding carboxylic acids is 1. The van der Waals surface area contributed by atoms with E-state index in [1.54, 1.807) is 11.9 Å². The van der Waals surface area contributed by atoms with E-state index < -0.39 is 0 Å². The van der Waals surface area contributed by atoms with Crippen molar-refractivity contribution < 1.29 is 14.6 Å². The number of aliphatic hydroxyl groups excluding tert-OH is 1. The standard InChI is InChI=1S/C15H19NO3/c1-16(15(18)12-19-2)11-14-9-4-3-7-13(14)8-5-6-10-17/h3-4,7,9,17H,6,10-12H2,1-2H3. The van der Waals surface area contributed by atoms with Gasteiger partial charge in [-0.3, -0.25) is 4.79 Å². The summed E-state index contributed by atoms with van der Waals surface area (Å²) in [6.07, 6.45) is 0.451. The Morgan fingerprint density at radius 2 is 2.16 bits per heavy atom. The van der Waals surface area contributed by atoms with E-state index in [2.05, 4.69) is 11.8 Å². The number of carbonyl (C=O) groups is 1. The van der Waals surface area contributed by atoms with Gasteiger partial charge in [-0.05, 0) is 11.6 Å². The smallest absolute Gasteiger partial charge is 0.248 e. The molecule has 0 unspecified atom stereocenters. The molecule has 102 valence electrons. The van der Waals surface area contributed by atoms with E-state index in [1.165, 1.54) is 7.11 Å². The van der Waals surface area contributed by atoms with Crippen LogP contribution in [0.3, 0.4) is 0 Å². The molecule has 4 nitrogen and oxygen atoms in total. The van der Waals surface area contributed by atoms with E-state index in [0.717, 1.165) is 11.1 Å². The van der Waals surface area contributed by atoms with Crippen molar-refractivity contribution in [1.29, 1.82) is 0 Å². The number of aliphatic hydroxyl groups is 1. The molecule has 0 heterocycles. The minimum Gasteiger partial charge on any atom is -0.395 e. The number of hydrogen-bond donors (Lipinski definition) is 1. The highest BCUT2D eigenvalue weighted by molar-refractivity contribution is 5.77. The van der Waals surface area contributed by atoms with Crippen LogP contribution in [-0.4, -0.2) is 43.3 Å². The van der Waals surface area contributed by atoms with E-state index in [9.17, 15) is 4.79 Å². The molecule has 0 atom stereocenters. The number of amides is 1. The zero-order valence-corrected chi connectivity index (χ0v) is 11.3. The lowest BCUT2D eigenvalue weighted by Crippen LogP contribution is -2.29. The van der Waals surface area contributed by atoms with E-state index >= 15 is 0 Å². The zero-order valence-electron chi connectivity index (χ0n) is 11.3. The number of rotatable bonds is 5. The highest BCUT2D eigenvalue weighted by atomic mass is 16.5. The monoisotopic (exact) mass is 261 g/mol.